The minimum Gasteiger partial charge on any atom is -0.355 e. The molecule has 1 aliphatic heterocycles. The first kappa shape index (κ1) is 17.8. The Morgan fingerprint density at radius 2 is 2.12 bits per heavy atom. The van der Waals surface area contributed by atoms with Gasteiger partial charge >= 0.3 is 6.18 Å². The van der Waals surface area contributed by atoms with Crippen molar-refractivity contribution in [3.63, 3.8) is 0 Å². The highest BCUT2D eigenvalue weighted by molar-refractivity contribution is 5.90. The third-order valence-corrected chi connectivity index (χ3v) is 3.97. The number of halogens is 3. The van der Waals surface area contributed by atoms with Crippen molar-refractivity contribution in [1.29, 1.82) is 5.26 Å². The lowest BCUT2D eigenvalue weighted by molar-refractivity contribution is -0.219. The smallest absolute Gasteiger partial charge is 0.355 e. The third-order valence-electron chi connectivity index (χ3n) is 3.97. The van der Waals surface area contributed by atoms with Crippen LogP contribution < -0.4 is 5.32 Å². The van der Waals surface area contributed by atoms with Crippen LogP contribution in [0.1, 0.15) is 36.0 Å². The maximum absolute atomic E-state index is 13.4. The summed E-state index contributed by atoms with van der Waals surface area (Å²) in [4.78, 5) is 31.7. The fraction of sp³-hybridized carbons (Fsp3) is 0.533. The summed E-state index contributed by atoms with van der Waals surface area (Å²) in [5.74, 6) is -2.78. The van der Waals surface area contributed by atoms with Gasteiger partial charge in [0.25, 0.3) is 0 Å². The molecule has 1 fully saturated rings. The molecule has 2 atom stereocenters. The molecule has 1 N–H and O–H groups in total. The van der Waals surface area contributed by atoms with E-state index < -0.39 is 48.6 Å². The van der Waals surface area contributed by atoms with Crippen LogP contribution in [0.3, 0.4) is 0 Å². The van der Waals surface area contributed by atoms with Crippen LogP contribution in [0.2, 0.25) is 0 Å². The number of carbonyl (C=O) groups excluding carboxylic acids is 2. The summed E-state index contributed by atoms with van der Waals surface area (Å²) < 4.78 is 40.2. The fourth-order valence-corrected chi connectivity index (χ4v) is 2.76. The minimum atomic E-state index is -4.74. The molecule has 1 aliphatic rings. The van der Waals surface area contributed by atoms with E-state index in [4.69, 9.17) is 0 Å². The van der Waals surface area contributed by atoms with Crippen LogP contribution in [0, 0.1) is 30.6 Å². The zero-order chi connectivity index (χ0) is 18.1. The maximum Gasteiger partial charge on any atom is 0.397 e. The molecule has 0 aliphatic carbocycles. The summed E-state index contributed by atoms with van der Waals surface area (Å²) in [5, 5.41) is 11.4. The standard InChI is InChI=1S/C15H15F3N4O2/c1-8-3-11(22-9(2)21-8)10(6-19)12(23)4-14(15(16,17)18)5-13(24)20-7-14/h3,10H,4-5,7H2,1-2H3,(H,20,24). The van der Waals surface area contributed by atoms with Gasteiger partial charge in [-0.15, -0.1) is 0 Å². The highest BCUT2D eigenvalue weighted by Crippen LogP contribution is 2.47. The molecular formula is C15H15F3N4O2. The summed E-state index contributed by atoms with van der Waals surface area (Å²) in [6.45, 7) is 2.53. The second-order valence-corrected chi connectivity index (χ2v) is 5.92. The van der Waals surface area contributed by atoms with Gasteiger partial charge in [0.15, 0.2) is 5.78 Å². The third kappa shape index (κ3) is 3.37. The Bertz CT molecular complexity index is 706. The van der Waals surface area contributed by atoms with Crippen LogP contribution in [0.4, 0.5) is 13.2 Å². The largest absolute Gasteiger partial charge is 0.397 e. The molecule has 128 valence electrons. The minimum absolute atomic E-state index is 0.0714. The first-order chi connectivity index (χ1) is 11.1. The van der Waals surface area contributed by atoms with Gasteiger partial charge in [0.1, 0.15) is 11.7 Å². The van der Waals surface area contributed by atoms with Crippen molar-refractivity contribution in [3.8, 4) is 6.07 Å². The van der Waals surface area contributed by atoms with Crippen molar-refractivity contribution < 1.29 is 22.8 Å². The Morgan fingerprint density at radius 1 is 1.46 bits per heavy atom. The second-order valence-electron chi connectivity index (χ2n) is 5.92. The first-order valence-corrected chi connectivity index (χ1v) is 7.16. The van der Waals surface area contributed by atoms with Gasteiger partial charge in [-0.2, -0.15) is 18.4 Å². The Hall–Kier alpha value is -2.50. The van der Waals surface area contributed by atoms with Crippen LogP contribution >= 0.6 is 0 Å². The quantitative estimate of drug-likeness (QED) is 0.900. The number of nitriles is 1. The van der Waals surface area contributed by atoms with Crippen molar-refractivity contribution in [1.82, 2.24) is 15.3 Å². The Kier molecular flexibility index (Phi) is 4.60. The first-order valence-electron chi connectivity index (χ1n) is 7.16. The molecule has 9 heteroatoms. The van der Waals surface area contributed by atoms with Crippen LogP contribution in [-0.2, 0) is 9.59 Å². The fourth-order valence-electron chi connectivity index (χ4n) is 2.76. The molecule has 2 heterocycles. The van der Waals surface area contributed by atoms with E-state index in [0.29, 0.717) is 11.5 Å². The molecule has 6 nitrogen and oxygen atoms in total. The number of hydrogen-bond donors (Lipinski definition) is 1. The number of amides is 1. The molecule has 2 rings (SSSR count). The Balaban J connectivity index is 2.32. The monoisotopic (exact) mass is 340 g/mol. The number of alkyl halides is 3. The molecule has 1 amide bonds. The van der Waals surface area contributed by atoms with Gasteiger partial charge in [-0.1, -0.05) is 0 Å². The lowest BCUT2D eigenvalue weighted by Gasteiger charge is -2.29. The molecule has 0 spiro atoms. The van der Waals surface area contributed by atoms with E-state index in [1.54, 1.807) is 19.9 Å². The van der Waals surface area contributed by atoms with Crippen molar-refractivity contribution in [3.05, 3.63) is 23.3 Å². The number of aromatic nitrogens is 2. The number of ketones is 1. The van der Waals surface area contributed by atoms with Gasteiger partial charge in [0.2, 0.25) is 5.91 Å². The number of rotatable bonds is 4. The summed E-state index contributed by atoms with van der Waals surface area (Å²) in [6.07, 6.45) is -6.50. The van der Waals surface area contributed by atoms with Crippen molar-refractivity contribution in [2.75, 3.05) is 6.54 Å². The SMILES string of the molecule is Cc1cc(C(C#N)C(=O)CC2(C(F)(F)F)CNC(=O)C2)nc(C)n1. The normalized spacial score (nSPS) is 21.9. The molecule has 0 radical (unpaired) electrons. The number of carbonyl (C=O) groups is 2. The van der Waals surface area contributed by atoms with E-state index >= 15 is 0 Å². The predicted molar refractivity (Wildman–Crippen MR) is 75.6 cm³/mol. The molecule has 1 aromatic heterocycles. The van der Waals surface area contributed by atoms with Gasteiger partial charge in [0.05, 0.1) is 17.2 Å². The molecule has 1 aromatic rings. The van der Waals surface area contributed by atoms with Gasteiger partial charge in [0, 0.05) is 25.1 Å². The highest BCUT2D eigenvalue weighted by atomic mass is 19.4. The summed E-state index contributed by atoms with van der Waals surface area (Å²) >= 11 is 0. The Morgan fingerprint density at radius 3 is 2.58 bits per heavy atom. The lowest BCUT2D eigenvalue weighted by atomic mass is 9.78. The molecule has 2 unspecified atom stereocenters. The van der Waals surface area contributed by atoms with E-state index in [-0.39, 0.29) is 5.69 Å². The van der Waals surface area contributed by atoms with Crippen molar-refractivity contribution >= 4 is 11.7 Å². The molecule has 0 aromatic carbocycles. The van der Waals surface area contributed by atoms with E-state index in [0.717, 1.165) is 0 Å². The zero-order valence-electron chi connectivity index (χ0n) is 13.1. The van der Waals surface area contributed by atoms with Crippen LogP contribution in [-0.4, -0.2) is 34.4 Å². The zero-order valence-corrected chi connectivity index (χ0v) is 13.1. The Labute approximate surface area is 136 Å². The average molecular weight is 340 g/mol. The van der Waals surface area contributed by atoms with Crippen LogP contribution in [0.5, 0.6) is 0 Å². The van der Waals surface area contributed by atoms with Crippen LogP contribution in [0.25, 0.3) is 0 Å². The average Bonchev–Trinajstić information content (AvgIpc) is 2.80. The predicted octanol–water partition coefficient (Wildman–Crippen LogP) is 1.73. The summed E-state index contributed by atoms with van der Waals surface area (Å²) in [5.41, 5.74) is -1.90. The van der Waals surface area contributed by atoms with Gasteiger partial charge in [-0.3, -0.25) is 9.59 Å². The van der Waals surface area contributed by atoms with E-state index in [1.165, 1.54) is 6.07 Å². The maximum atomic E-state index is 13.4. The summed E-state index contributed by atoms with van der Waals surface area (Å²) in [6, 6.07) is 3.11. The topological polar surface area (TPSA) is 95.7 Å². The second kappa shape index (κ2) is 6.19. The van der Waals surface area contributed by atoms with Crippen molar-refractivity contribution in [2.24, 2.45) is 5.41 Å². The number of nitrogens with one attached hydrogen (secondary N) is 1. The number of nitrogens with zero attached hydrogens (tertiary/aromatic N) is 3. The van der Waals surface area contributed by atoms with Gasteiger partial charge in [-0.05, 0) is 19.9 Å². The number of hydrogen-bond acceptors (Lipinski definition) is 5. The van der Waals surface area contributed by atoms with E-state index in [9.17, 15) is 28.0 Å². The highest BCUT2D eigenvalue weighted by Gasteiger charge is 2.59. The lowest BCUT2D eigenvalue weighted by Crippen LogP contribution is -2.42. The number of Topliss-reactive ketones (excluding diaryl/α,β-unsaturated/α-hetero) is 1. The van der Waals surface area contributed by atoms with Gasteiger partial charge < -0.3 is 5.32 Å². The molecule has 1 saturated heterocycles. The molecule has 24 heavy (non-hydrogen) atoms. The molecular weight excluding hydrogens is 325 g/mol. The van der Waals surface area contributed by atoms with E-state index in [1.807, 2.05) is 0 Å². The van der Waals surface area contributed by atoms with Crippen molar-refractivity contribution in [2.45, 2.75) is 38.8 Å². The molecule has 0 bridgehead atoms. The van der Waals surface area contributed by atoms with Crippen LogP contribution in [0.15, 0.2) is 6.07 Å². The van der Waals surface area contributed by atoms with E-state index in [2.05, 4.69) is 15.3 Å². The van der Waals surface area contributed by atoms with Gasteiger partial charge in [-0.25, -0.2) is 9.97 Å². The number of aryl methyl sites for hydroxylation is 2. The molecule has 0 saturated carbocycles. The summed E-state index contributed by atoms with van der Waals surface area (Å²) in [7, 11) is 0.